The molecule has 28 heavy (non-hydrogen) atoms. The molecule has 2 heterocycles. The maximum Gasteiger partial charge on any atom is 0.239 e. The van der Waals surface area contributed by atoms with Gasteiger partial charge in [-0.2, -0.15) is 4.57 Å². The smallest absolute Gasteiger partial charge is 0.239 e. The molecule has 0 unspecified atom stereocenters. The van der Waals surface area contributed by atoms with Crippen molar-refractivity contribution in [1.82, 2.24) is 0 Å². The largest absolute Gasteiger partial charge is 0.867 e. The summed E-state index contributed by atoms with van der Waals surface area (Å²) in [5.41, 5.74) is 1.64. The Labute approximate surface area is 177 Å². The van der Waals surface area contributed by atoms with E-state index in [1.165, 1.54) is 11.3 Å². The maximum atomic E-state index is 13.2. The van der Waals surface area contributed by atoms with Gasteiger partial charge in [0.25, 0.3) is 0 Å². The van der Waals surface area contributed by atoms with E-state index in [0.29, 0.717) is 14.8 Å². The number of thiocarbonyl (C=S) groups is 1. The van der Waals surface area contributed by atoms with E-state index in [-0.39, 0.29) is 23.1 Å². The van der Waals surface area contributed by atoms with Crippen molar-refractivity contribution in [2.45, 2.75) is 6.61 Å². The molecule has 0 saturated heterocycles. The number of rotatable bonds is 6. The second-order valence-corrected chi connectivity index (χ2v) is 7.87. The molecule has 0 radical (unpaired) electrons. The molecule has 0 amide bonds. The van der Waals surface area contributed by atoms with Crippen LogP contribution in [0.25, 0.3) is 11.5 Å². The monoisotopic (exact) mass is 432 g/mol. The Bertz CT molecular complexity index is 1020. The summed E-state index contributed by atoms with van der Waals surface area (Å²) in [6, 6.07) is 14.1. The van der Waals surface area contributed by atoms with Crippen molar-refractivity contribution in [3.63, 3.8) is 0 Å². The maximum absolute atomic E-state index is 13.2. The molecule has 3 rings (SSSR count). The third-order valence-electron chi connectivity index (χ3n) is 3.88. The highest BCUT2D eigenvalue weighted by molar-refractivity contribution is 7.81. The summed E-state index contributed by atoms with van der Waals surface area (Å²) in [5.74, 6) is 0.456. The molecule has 0 atom stereocenters. The molecular formula is C20H17ClN2O3S2. The first-order chi connectivity index (χ1) is 13.5. The molecule has 5 nitrogen and oxygen atoms in total. The standard InChI is InChI=1S/C20H17ClN2O3S2/c1-26-15-6-4-14(5-7-15)22-20(27)18(19(25)16-8-9-17(21)28-16)23-10-2-3-13(11-23)12-24/h2-11,24H,12H2,1H3,(H-,22,25,27). The van der Waals surface area contributed by atoms with Gasteiger partial charge in [-0.05, 0) is 48.2 Å². The highest BCUT2D eigenvalue weighted by Gasteiger charge is 2.20. The number of nitrogens with zero attached hydrogens (tertiary/aromatic N) is 1. The Morgan fingerprint density at radius 3 is 2.61 bits per heavy atom. The Hall–Kier alpha value is -2.45. The minimum Gasteiger partial charge on any atom is -0.867 e. The van der Waals surface area contributed by atoms with Gasteiger partial charge < -0.3 is 20.3 Å². The number of aliphatic hydroxyl groups excluding tert-OH is 1. The minimum absolute atomic E-state index is 0.147. The van der Waals surface area contributed by atoms with Crippen LogP contribution < -0.4 is 19.7 Å². The van der Waals surface area contributed by atoms with Gasteiger partial charge in [0.15, 0.2) is 17.4 Å². The number of aliphatic hydroxyl groups is 1. The van der Waals surface area contributed by atoms with Crippen LogP contribution in [0.2, 0.25) is 4.34 Å². The lowest BCUT2D eigenvalue weighted by molar-refractivity contribution is -0.578. The number of thiophene rings is 1. The van der Waals surface area contributed by atoms with Crippen molar-refractivity contribution in [3.8, 4) is 5.75 Å². The number of hydrogen-bond acceptors (Lipinski definition) is 5. The van der Waals surface area contributed by atoms with E-state index < -0.39 is 0 Å². The Balaban J connectivity index is 2.03. The van der Waals surface area contributed by atoms with E-state index in [0.717, 1.165) is 11.4 Å². The summed E-state index contributed by atoms with van der Waals surface area (Å²) in [6.45, 7) is -0.147. The zero-order valence-electron chi connectivity index (χ0n) is 14.9. The average molecular weight is 433 g/mol. The van der Waals surface area contributed by atoms with Crippen molar-refractivity contribution in [2.24, 2.45) is 0 Å². The molecule has 3 aromatic rings. The fourth-order valence-electron chi connectivity index (χ4n) is 2.51. The summed E-state index contributed by atoms with van der Waals surface area (Å²) < 4.78 is 7.29. The van der Waals surface area contributed by atoms with Gasteiger partial charge in [-0.3, -0.25) is 0 Å². The molecule has 0 spiro atoms. The number of halogens is 1. The summed E-state index contributed by atoms with van der Waals surface area (Å²) in [7, 11) is 1.59. The summed E-state index contributed by atoms with van der Waals surface area (Å²) in [5, 5.41) is 25.7. The molecule has 0 saturated carbocycles. The quantitative estimate of drug-likeness (QED) is 0.271. The van der Waals surface area contributed by atoms with Crippen molar-refractivity contribution < 1.29 is 19.5 Å². The van der Waals surface area contributed by atoms with Crippen molar-refractivity contribution in [1.29, 1.82) is 0 Å². The molecule has 8 heteroatoms. The number of pyridine rings is 1. The van der Waals surface area contributed by atoms with Crippen LogP contribution in [0, 0.1) is 0 Å². The second-order valence-electron chi connectivity index (χ2n) is 5.74. The molecule has 0 aliphatic carbocycles. The van der Waals surface area contributed by atoms with Crippen LogP contribution in [-0.2, 0) is 6.61 Å². The first-order valence-electron chi connectivity index (χ1n) is 8.25. The number of ether oxygens (including phenoxy) is 1. The molecule has 0 aliphatic heterocycles. The number of hydrogen-bond donors (Lipinski definition) is 2. The zero-order chi connectivity index (χ0) is 20.1. The van der Waals surface area contributed by atoms with Gasteiger partial charge in [0.05, 0.1) is 18.1 Å². The Kier molecular flexibility index (Phi) is 6.64. The molecule has 2 N–H and O–H groups in total. The van der Waals surface area contributed by atoms with Crippen LogP contribution in [0.3, 0.4) is 0 Å². The fourth-order valence-corrected chi connectivity index (χ4v) is 3.81. The van der Waals surface area contributed by atoms with E-state index in [1.807, 2.05) is 12.1 Å². The van der Waals surface area contributed by atoms with E-state index in [2.05, 4.69) is 5.32 Å². The zero-order valence-corrected chi connectivity index (χ0v) is 17.3. The van der Waals surface area contributed by atoms with Crippen LogP contribution in [0.15, 0.2) is 60.9 Å². The summed E-state index contributed by atoms with van der Waals surface area (Å²) in [4.78, 5) is 0.723. The third-order valence-corrected chi connectivity index (χ3v) is 5.40. The van der Waals surface area contributed by atoms with Gasteiger partial charge >= 0.3 is 0 Å². The van der Waals surface area contributed by atoms with E-state index in [1.54, 1.807) is 60.5 Å². The Morgan fingerprint density at radius 1 is 1.25 bits per heavy atom. The first-order valence-corrected chi connectivity index (χ1v) is 9.86. The van der Waals surface area contributed by atoms with Gasteiger partial charge in [-0.25, -0.2) is 0 Å². The van der Waals surface area contributed by atoms with E-state index in [4.69, 9.17) is 28.6 Å². The molecular weight excluding hydrogens is 416 g/mol. The highest BCUT2D eigenvalue weighted by atomic mass is 35.5. The summed E-state index contributed by atoms with van der Waals surface area (Å²) in [6.07, 6.45) is 3.38. The molecule has 0 fully saturated rings. The van der Waals surface area contributed by atoms with Gasteiger partial charge in [-0.1, -0.05) is 23.8 Å². The van der Waals surface area contributed by atoms with Crippen LogP contribution in [0.5, 0.6) is 5.75 Å². The fraction of sp³-hybridized carbons (Fsp3) is 0.100. The van der Waals surface area contributed by atoms with Gasteiger partial charge in [-0.15, -0.1) is 11.3 Å². The molecule has 144 valence electrons. The van der Waals surface area contributed by atoms with Crippen molar-refractivity contribution >= 4 is 57.3 Å². The predicted octanol–water partition coefficient (Wildman–Crippen LogP) is 3.32. The number of methoxy groups -OCH3 is 1. The van der Waals surface area contributed by atoms with Gasteiger partial charge in [0.1, 0.15) is 5.75 Å². The van der Waals surface area contributed by atoms with Gasteiger partial charge in [0.2, 0.25) is 5.70 Å². The Morgan fingerprint density at radius 2 is 2.00 bits per heavy atom. The van der Waals surface area contributed by atoms with Crippen LogP contribution in [0.1, 0.15) is 10.4 Å². The molecule has 0 bridgehead atoms. The van der Waals surface area contributed by atoms with Crippen molar-refractivity contribution in [2.75, 3.05) is 12.4 Å². The lowest BCUT2D eigenvalue weighted by Gasteiger charge is -2.16. The topological polar surface area (TPSA) is 68.4 Å². The third kappa shape index (κ3) is 4.69. The normalized spacial score (nSPS) is 11.7. The SMILES string of the molecule is COc1ccc(NC(=S)/C(=C(\[O-])c2ccc(Cl)s2)[n+]2cccc(CO)c2)cc1. The number of benzene rings is 1. The number of nitrogens with one attached hydrogen (secondary N) is 1. The molecule has 2 aromatic heterocycles. The summed E-state index contributed by atoms with van der Waals surface area (Å²) >= 11 is 12.7. The van der Waals surface area contributed by atoms with Crippen molar-refractivity contribution in [3.05, 3.63) is 75.7 Å². The highest BCUT2D eigenvalue weighted by Crippen LogP contribution is 2.27. The second kappa shape index (κ2) is 9.16. The first kappa shape index (κ1) is 20.3. The predicted molar refractivity (Wildman–Crippen MR) is 114 cm³/mol. The molecule has 1 aromatic carbocycles. The van der Waals surface area contributed by atoms with Crippen LogP contribution in [-0.4, -0.2) is 17.2 Å². The van der Waals surface area contributed by atoms with E-state index in [9.17, 15) is 10.2 Å². The minimum atomic E-state index is -0.261. The lowest BCUT2D eigenvalue weighted by atomic mass is 10.2. The van der Waals surface area contributed by atoms with E-state index >= 15 is 0 Å². The average Bonchev–Trinajstić information content (AvgIpc) is 3.15. The van der Waals surface area contributed by atoms with Crippen LogP contribution in [0.4, 0.5) is 5.69 Å². The van der Waals surface area contributed by atoms with Gasteiger partial charge in [0, 0.05) is 22.2 Å². The van der Waals surface area contributed by atoms with Crippen LogP contribution >= 0.6 is 35.2 Å². The lowest BCUT2D eigenvalue weighted by Crippen LogP contribution is -2.40. The number of anilines is 1. The number of aromatic nitrogens is 1. The molecule has 0 aliphatic rings.